The number of nitrogen functional groups attached to an aromatic ring is 1. The van der Waals surface area contributed by atoms with E-state index in [1.807, 2.05) is 30.3 Å². The van der Waals surface area contributed by atoms with E-state index in [9.17, 15) is 4.79 Å². The SMILES string of the molecule is Nc1ccc(CCC2=NNC(=O)C2=Cc2cc3c([nH]2)CCCC3)cc1. The fraction of sp³-hybridized carbons (Fsp3) is 0.300. The molecule has 0 saturated carbocycles. The minimum absolute atomic E-state index is 0.125. The first-order chi connectivity index (χ1) is 12.2. The highest BCUT2D eigenvalue weighted by molar-refractivity contribution is 6.27. The fourth-order valence-electron chi connectivity index (χ4n) is 3.52. The van der Waals surface area contributed by atoms with Crippen LogP contribution < -0.4 is 11.2 Å². The predicted octanol–water partition coefficient (Wildman–Crippen LogP) is 2.98. The number of hydrazone groups is 1. The van der Waals surface area contributed by atoms with E-state index in [4.69, 9.17) is 5.73 Å². The second-order valence-corrected chi connectivity index (χ2v) is 6.73. The molecule has 5 heteroatoms. The summed E-state index contributed by atoms with van der Waals surface area (Å²) >= 11 is 0. The van der Waals surface area contributed by atoms with Gasteiger partial charge in [-0.15, -0.1) is 0 Å². The Hall–Kier alpha value is -2.82. The van der Waals surface area contributed by atoms with E-state index in [1.54, 1.807) is 0 Å². The first-order valence-corrected chi connectivity index (χ1v) is 8.83. The van der Waals surface area contributed by atoms with Crippen LogP contribution in [0, 0.1) is 0 Å². The highest BCUT2D eigenvalue weighted by Crippen LogP contribution is 2.24. The third kappa shape index (κ3) is 3.36. The largest absolute Gasteiger partial charge is 0.399 e. The van der Waals surface area contributed by atoms with Gasteiger partial charge in [0.15, 0.2) is 0 Å². The maximum atomic E-state index is 12.2. The summed E-state index contributed by atoms with van der Waals surface area (Å²) in [5.41, 5.74) is 15.4. The van der Waals surface area contributed by atoms with E-state index in [0.717, 1.165) is 42.8 Å². The molecule has 1 amide bonds. The van der Waals surface area contributed by atoms with Crippen LogP contribution in [0.1, 0.15) is 41.8 Å². The number of nitrogens with two attached hydrogens (primary N) is 1. The Morgan fingerprint density at radius 2 is 1.92 bits per heavy atom. The predicted molar refractivity (Wildman–Crippen MR) is 100 cm³/mol. The summed E-state index contributed by atoms with van der Waals surface area (Å²) in [6.45, 7) is 0. The van der Waals surface area contributed by atoms with Crippen LogP contribution >= 0.6 is 0 Å². The number of rotatable bonds is 4. The minimum atomic E-state index is -0.125. The number of aryl methyl sites for hydroxylation is 3. The van der Waals surface area contributed by atoms with Crippen molar-refractivity contribution >= 4 is 23.4 Å². The lowest BCUT2D eigenvalue weighted by atomic mass is 9.98. The van der Waals surface area contributed by atoms with E-state index >= 15 is 0 Å². The lowest BCUT2D eigenvalue weighted by molar-refractivity contribution is -0.116. The summed E-state index contributed by atoms with van der Waals surface area (Å²) in [5, 5.41) is 4.22. The number of amides is 1. The number of anilines is 1. The van der Waals surface area contributed by atoms with Gasteiger partial charge in [0.2, 0.25) is 0 Å². The number of hydrogen-bond acceptors (Lipinski definition) is 3. The zero-order chi connectivity index (χ0) is 17.2. The van der Waals surface area contributed by atoms with Crippen molar-refractivity contribution in [2.45, 2.75) is 38.5 Å². The van der Waals surface area contributed by atoms with Crippen molar-refractivity contribution in [3.63, 3.8) is 0 Å². The number of hydrogen-bond donors (Lipinski definition) is 3. The van der Waals surface area contributed by atoms with Crippen molar-refractivity contribution in [1.82, 2.24) is 10.4 Å². The number of aromatic amines is 1. The molecule has 1 aliphatic carbocycles. The Labute approximate surface area is 147 Å². The maximum absolute atomic E-state index is 12.2. The summed E-state index contributed by atoms with van der Waals surface area (Å²) < 4.78 is 0. The van der Waals surface area contributed by atoms with Crippen LogP contribution in [0.3, 0.4) is 0 Å². The highest BCUT2D eigenvalue weighted by atomic mass is 16.2. The maximum Gasteiger partial charge on any atom is 0.273 e. The molecule has 25 heavy (non-hydrogen) atoms. The average Bonchev–Trinajstić information content (AvgIpc) is 3.18. The quantitative estimate of drug-likeness (QED) is 0.593. The number of carbonyl (C=O) groups is 1. The Bertz CT molecular complexity index is 835. The number of carbonyl (C=O) groups excluding carboxylic acids is 1. The van der Waals surface area contributed by atoms with E-state index in [0.29, 0.717) is 5.57 Å². The summed E-state index contributed by atoms with van der Waals surface area (Å²) in [7, 11) is 0. The number of benzene rings is 1. The molecule has 1 aliphatic heterocycles. The zero-order valence-electron chi connectivity index (χ0n) is 14.1. The third-order valence-electron chi connectivity index (χ3n) is 4.91. The molecule has 0 radical (unpaired) electrons. The average molecular weight is 334 g/mol. The van der Waals surface area contributed by atoms with Crippen LogP contribution in [-0.2, 0) is 24.1 Å². The van der Waals surface area contributed by atoms with Crippen molar-refractivity contribution < 1.29 is 4.79 Å². The van der Waals surface area contributed by atoms with E-state index in [2.05, 4.69) is 21.6 Å². The van der Waals surface area contributed by atoms with Gasteiger partial charge in [0.1, 0.15) is 0 Å². The Kier molecular flexibility index (Phi) is 4.14. The van der Waals surface area contributed by atoms with Crippen LogP contribution in [0.5, 0.6) is 0 Å². The first-order valence-electron chi connectivity index (χ1n) is 8.83. The molecular weight excluding hydrogens is 312 g/mol. The Balaban J connectivity index is 1.51. The van der Waals surface area contributed by atoms with Gasteiger partial charge in [-0.25, -0.2) is 5.43 Å². The van der Waals surface area contributed by atoms with Gasteiger partial charge in [-0.3, -0.25) is 4.79 Å². The molecule has 0 fully saturated rings. The lowest BCUT2D eigenvalue weighted by Crippen LogP contribution is -2.13. The van der Waals surface area contributed by atoms with Crippen LogP contribution in [0.4, 0.5) is 5.69 Å². The van der Waals surface area contributed by atoms with Gasteiger partial charge in [-0.2, -0.15) is 5.10 Å². The van der Waals surface area contributed by atoms with Gasteiger partial charge in [0.25, 0.3) is 5.91 Å². The van der Waals surface area contributed by atoms with E-state index in [1.165, 1.54) is 29.7 Å². The van der Waals surface area contributed by atoms with Crippen molar-refractivity contribution in [2.75, 3.05) is 5.73 Å². The van der Waals surface area contributed by atoms with Crippen LogP contribution in [0.15, 0.2) is 41.0 Å². The van der Waals surface area contributed by atoms with Crippen molar-refractivity contribution in [1.29, 1.82) is 0 Å². The van der Waals surface area contributed by atoms with Crippen molar-refractivity contribution in [3.05, 3.63) is 58.4 Å². The summed E-state index contributed by atoms with van der Waals surface area (Å²) in [5.74, 6) is -0.125. The fourth-order valence-corrected chi connectivity index (χ4v) is 3.52. The molecule has 1 aromatic heterocycles. The number of fused-ring (bicyclic) bond motifs is 1. The number of nitrogens with one attached hydrogen (secondary N) is 2. The first kappa shape index (κ1) is 15.7. The second-order valence-electron chi connectivity index (χ2n) is 6.73. The smallest absolute Gasteiger partial charge is 0.273 e. The molecule has 2 aliphatic rings. The summed E-state index contributed by atoms with van der Waals surface area (Å²) in [6.07, 6.45) is 8.18. The Morgan fingerprint density at radius 3 is 2.72 bits per heavy atom. The van der Waals surface area contributed by atoms with Crippen LogP contribution in [0.25, 0.3) is 6.08 Å². The summed E-state index contributed by atoms with van der Waals surface area (Å²) in [6, 6.07) is 10.0. The monoisotopic (exact) mass is 334 g/mol. The van der Waals surface area contributed by atoms with E-state index < -0.39 is 0 Å². The minimum Gasteiger partial charge on any atom is -0.399 e. The van der Waals surface area contributed by atoms with Gasteiger partial charge >= 0.3 is 0 Å². The number of aromatic nitrogens is 1. The molecule has 0 unspecified atom stereocenters. The molecule has 128 valence electrons. The molecule has 0 bridgehead atoms. The van der Waals surface area contributed by atoms with Gasteiger partial charge in [-0.05, 0) is 73.9 Å². The molecule has 0 atom stereocenters. The molecule has 2 heterocycles. The van der Waals surface area contributed by atoms with Crippen LogP contribution in [-0.4, -0.2) is 16.6 Å². The van der Waals surface area contributed by atoms with Gasteiger partial charge in [-0.1, -0.05) is 12.1 Å². The zero-order valence-corrected chi connectivity index (χ0v) is 14.1. The molecule has 5 nitrogen and oxygen atoms in total. The molecular formula is C20H22N4O. The highest BCUT2D eigenvalue weighted by Gasteiger charge is 2.23. The molecule has 4 N–H and O–H groups in total. The summed E-state index contributed by atoms with van der Waals surface area (Å²) in [4.78, 5) is 15.6. The van der Waals surface area contributed by atoms with Crippen molar-refractivity contribution in [3.8, 4) is 0 Å². The van der Waals surface area contributed by atoms with E-state index in [-0.39, 0.29) is 5.91 Å². The normalized spacial score (nSPS) is 18.2. The Morgan fingerprint density at radius 1 is 1.12 bits per heavy atom. The third-order valence-corrected chi connectivity index (χ3v) is 4.91. The van der Waals surface area contributed by atoms with Gasteiger partial charge in [0.05, 0.1) is 11.3 Å². The molecule has 4 rings (SSSR count). The molecule has 0 spiro atoms. The molecule has 1 aromatic carbocycles. The van der Waals surface area contributed by atoms with Crippen molar-refractivity contribution in [2.24, 2.45) is 5.10 Å². The number of H-pyrrole nitrogens is 1. The second kappa shape index (κ2) is 6.59. The number of nitrogens with zero attached hydrogens (tertiary/aromatic N) is 1. The van der Waals surface area contributed by atoms with Gasteiger partial charge in [0, 0.05) is 17.1 Å². The van der Waals surface area contributed by atoms with Gasteiger partial charge < -0.3 is 10.7 Å². The topological polar surface area (TPSA) is 83.3 Å². The van der Waals surface area contributed by atoms with Crippen LogP contribution in [0.2, 0.25) is 0 Å². The molecule has 2 aromatic rings. The lowest BCUT2D eigenvalue weighted by Gasteiger charge is -2.08. The molecule has 0 saturated heterocycles. The standard InChI is InChI=1S/C20H22N4O/c21-15-8-5-13(6-9-15)7-10-19-17(20(25)24-23-19)12-16-11-14-3-1-2-4-18(14)22-16/h5-6,8-9,11-12,22H,1-4,7,10,21H2,(H,24,25).